The molecule has 0 atom stereocenters. The van der Waals surface area contributed by atoms with Crippen molar-refractivity contribution in [3.05, 3.63) is 0 Å². The Labute approximate surface area is 106 Å². The third-order valence-corrected chi connectivity index (χ3v) is 5.42. The van der Waals surface area contributed by atoms with E-state index >= 15 is 0 Å². The van der Waals surface area contributed by atoms with Crippen LogP contribution in [0.3, 0.4) is 0 Å². The molecule has 0 aliphatic carbocycles. The van der Waals surface area contributed by atoms with Crippen molar-refractivity contribution in [2.45, 2.75) is 30.4 Å². The van der Waals surface area contributed by atoms with Gasteiger partial charge in [-0.3, -0.25) is 9.11 Å². The van der Waals surface area contributed by atoms with Gasteiger partial charge < -0.3 is 0 Å². The molecule has 0 spiro atoms. The molecule has 0 aromatic rings. The van der Waals surface area contributed by atoms with Crippen LogP contribution in [-0.2, 0) is 20.2 Å². The summed E-state index contributed by atoms with van der Waals surface area (Å²) in [5, 5.41) is 0.760. The van der Waals surface area contributed by atoms with Gasteiger partial charge in [-0.1, -0.05) is 12.8 Å². The third kappa shape index (κ3) is 4.76. The fourth-order valence-electron chi connectivity index (χ4n) is 1.70. The summed E-state index contributed by atoms with van der Waals surface area (Å²) in [7, 11) is -9.95. The van der Waals surface area contributed by atoms with Gasteiger partial charge in [0.25, 0.3) is 24.9 Å². The molecule has 0 amide bonds. The van der Waals surface area contributed by atoms with Crippen LogP contribution in [0.1, 0.15) is 25.7 Å². The Bertz CT molecular complexity index is 420. The van der Waals surface area contributed by atoms with Crippen molar-refractivity contribution in [2.75, 3.05) is 13.1 Å². The van der Waals surface area contributed by atoms with Crippen LogP contribution in [0.5, 0.6) is 0 Å². The summed E-state index contributed by atoms with van der Waals surface area (Å²) >= 11 is 0. The van der Waals surface area contributed by atoms with Gasteiger partial charge in [-0.05, 0) is 12.8 Å². The van der Waals surface area contributed by atoms with Crippen molar-refractivity contribution in [3.63, 3.8) is 0 Å². The summed E-state index contributed by atoms with van der Waals surface area (Å²) in [5.41, 5.74) is 5.01. The normalized spacial score (nSPS) is 21.3. The monoisotopic (exact) mass is 303 g/mol. The molecular formula is C7H17N3O6S2. The van der Waals surface area contributed by atoms with E-state index < -0.39 is 24.9 Å². The fourth-order valence-corrected chi connectivity index (χ4v) is 3.88. The van der Waals surface area contributed by atoms with Crippen LogP contribution in [-0.4, -0.2) is 48.7 Å². The summed E-state index contributed by atoms with van der Waals surface area (Å²) in [6.07, 6.45) is 3.11. The summed E-state index contributed by atoms with van der Waals surface area (Å²) in [6, 6.07) is 0. The maximum atomic E-state index is 11.1. The van der Waals surface area contributed by atoms with Crippen molar-refractivity contribution in [1.29, 1.82) is 0 Å². The lowest BCUT2D eigenvalue weighted by Crippen LogP contribution is -2.57. The van der Waals surface area contributed by atoms with Crippen LogP contribution in [0.2, 0.25) is 0 Å². The van der Waals surface area contributed by atoms with E-state index in [-0.39, 0.29) is 6.54 Å². The first kappa shape index (κ1) is 15.8. The average Bonchev–Trinajstić information content (AvgIpc) is 2.27. The molecule has 9 nitrogen and oxygen atoms in total. The molecule has 1 saturated heterocycles. The van der Waals surface area contributed by atoms with Gasteiger partial charge in [0.15, 0.2) is 0 Å². The topological polar surface area (TPSA) is 136 Å². The number of nitrogens with zero attached hydrogens (tertiary/aromatic N) is 1. The molecule has 0 unspecified atom stereocenters. The zero-order chi connectivity index (χ0) is 13.8. The van der Waals surface area contributed by atoms with Gasteiger partial charge in [0.1, 0.15) is 0 Å². The Balaban J connectivity index is 2.96. The second kappa shape index (κ2) is 6.23. The Morgan fingerprint density at radius 3 is 2.06 bits per heavy atom. The number of hydrazine groups is 2. The van der Waals surface area contributed by atoms with Gasteiger partial charge in [-0.2, -0.15) is 27.4 Å². The fraction of sp³-hybridized carbons (Fsp3) is 1.00. The summed E-state index contributed by atoms with van der Waals surface area (Å²) in [6.45, 7) is 0.567. The van der Waals surface area contributed by atoms with E-state index in [1.165, 1.54) is 0 Å². The molecule has 0 aromatic heterocycles. The SMILES string of the molecule is O=S(=O)(O)C(N1CCCCCCNN1)S(=O)(=O)O. The summed E-state index contributed by atoms with van der Waals surface area (Å²) < 4.78 is 59.7. The van der Waals surface area contributed by atoms with E-state index in [2.05, 4.69) is 11.0 Å². The van der Waals surface area contributed by atoms with Crippen molar-refractivity contribution in [2.24, 2.45) is 0 Å². The maximum absolute atomic E-state index is 11.1. The Morgan fingerprint density at radius 1 is 0.944 bits per heavy atom. The highest BCUT2D eigenvalue weighted by atomic mass is 32.3. The first-order valence-corrected chi connectivity index (χ1v) is 8.41. The molecule has 4 N–H and O–H groups in total. The predicted octanol–water partition coefficient (Wildman–Crippen LogP) is -1.07. The second-order valence-corrected chi connectivity index (χ2v) is 7.23. The van der Waals surface area contributed by atoms with Gasteiger partial charge in [0.2, 0.25) is 0 Å². The standard InChI is InChI=1S/C7H17N3O6S2/c11-17(12,13)7(18(14,15)16)10-6-4-2-1-3-5-8-9-10/h7-9H,1-6H2,(H,11,12,13)(H,14,15,16). The van der Waals surface area contributed by atoms with E-state index in [4.69, 9.17) is 9.11 Å². The molecule has 0 radical (unpaired) electrons. The second-order valence-electron chi connectivity index (χ2n) is 3.98. The van der Waals surface area contributed by atoms with Crippen LogP contribution in [0, 0.1) is 0 Å². The molecule has 1 aliphatic heterocycles. The number of rotatable bonds is 3. The molecule has 1 aliphatic rings. The predicted molar refractivity (Wildman–Crippen MR) is 63.2 cm³/mol. The Kier molecular flexibility index (Phi) is 5.46. The zero-order valence-corrected chi connectivity index (χ0v) is 11.2. The Morgan fingerprint density at radius 2 is 1.50 bits per heavy atom. The summed E-state index contributed by atoms with van der Waals surface area (Å²) in [5.74, 6) is 0. The smallest absolute Gasteiger partial charge is 0.283 e. The molecule has 1 rings (SSSR count). The molecular weight excluding hydrogens is 286 g/mol. The molecule has 0 aromatic carbocycles. The van der Waals surface area contributed by atoms with Crippen molar-refractivity contribution in [1.82, 2.24) is 16.0 Å². The van der Waals surface area contributed by atoms with E-state index in [1.807, 2.05) is 0 Å². The lowest BCUT2D eigenvalue weighted by molar-refractivity contribution is 0.155. The molecule has 108 valence electrons. The van der Waals surface area contributed by atoms with Gasteiger partial charge in [-0.15, -0.1) is 0 Å². The largest absolute Gasteiger partial charge is 0.300 e. The molecule has 1 heterocycles. The first-order chi connectivity index (χ1) is 8.23. The maximum Gasteiger partial charge on any atom is 0.300 e. The van der Waals surface area contributed by atoms with Crippen LogP contribution < -0.4 is 11.0 Å². The number of nitrogens with one attached hydrogen (secondary N) is 2. The number of hydrogen-bond acceptors (Lipinski definition) is 7. The van der Waals surface area contributed by atoms with Gasteiger partial charge in [0.05, 0.1) is 0 Å². The minimum absolute atomic E-state index is 0.0528. The van der Waals surface area contributed by atoms with Crippen LogP contribution in [0.15, 0.2) is 0 Å². The molecule has 11 heteroatoms. The van der Waals surface area contributed by atoms with Crippen LogP contribution in [0.4, 0.5) is 0 Å². The van der Waals surface area contributed by atoms with E-state index in [0.717, 1.165) is 24.3 Å². The van der Waals surface area contributed by atoms with E-state index in [9.17, 15) is 16.8 Å². The van der Waals surface area contributed by atoms with Gasteiger partial charge in [0, 0.05) is 13.1 Å². The van der Waals surface area contributed by atoms with Crippen molar-refractivity contribution in [3.8, 4) is 0 Å². The third-order valence-electron chi connectivity index (χ3n) is 2.44. The van der Waals surface area contributed by atoms with E-state index in [0.29, 0.717) is 13.0 Å². The molecule has 0 saturated carbocycles. The zero-order valence-electron chi connectivity index (χ0n) is 9.61. The van der Waals surface area contributed by atoms with Crippen molar-refractivity contribution >= 4 is 20.2 Å². The van der Waals surface area contributed by atoms with Gasteiger partial charge >= 0.3 is 0 Å². The highest BCUT2D eigenvalue weighted by molar-refractivity contribution is 8.03. The van der Waals surface area contributed by atoms with Crippen LogP contribution >= 0.6 is 0 Å². The minimum Gasteiger partial charge on any atom is -0.283 e. The van der Waals surface area contributed by atoms with E-state index in [1.54, 1.807) is 0 Å². The molecule has 1 fully saturated rings. The quantitative estimate of drug-likeness (QED) is 0.480. The lowest BCUT2D eigenvalue weighted by Gasteiger charge is -2.27. The highest BCUT2D eigenvalue weighted by Gasteiger charge is 2.41. The Hall–Kier alpha value is -0.300. The molecule has 0 bridgehead atoms. The highest BCUT2D eigenvalue weighted by Crippen LogP contribution is 2.13. The summed E-state index contributed by atoms with van der Waals surface area (Å²) in [4.78, 5) is 0. The number of hydrogen-bond donors (Lipinski definition) is 4. The lowest BCUT2D eigenvalue weighted by atomic mass is 10.2. The molecule has 18 heavy (non-hydrogen) atoms. The van der Waals surface area contributed by atoms with Crippen LogP contribution in [0.25, 0.3) is 0 Å². The first-order valence-electron chi connectivity index (χ1n) is 5.40. The van der Waals surface area contributed by atoms with Crippen molar-refractivity contribution < 1.29 is 25.9 Å². The van der Waals surface area contributed by atoms with Gasteiger partial charge in [-0.25, -0.2) is 5.43 Å². The average molecular weight is 303 g/mol. The minimum atomic E-state index is -4.98.